The van der Waals surface area contributed by atoms with E-state index in [0.717, 1.165) is 43.0 Å². The summed E-state index contributed by atoms with van der Waals surface area (Å²) >= 11 is 0. The van der Waals surface area contributed by atoms with Gasteiger partial charge in [-0.3, -0.25) is 4.79 Å². The first-order chi connectivity index (χ1) is 11.6. The lowest BCUT2D eigenvalue weighted by atomic mass is 10.1. The second kappa shape index (κ2) is 8.88. The molecule has 1 aromatic heterocycles. The van der Waals surface area contributed by atoms with Crippen molar-refractivity contribution in [1.82, 2.24) is 15.2 Å². The minimum atomic E-state index is 0. The molecule has 0 spiro atoms. The van der Waals surface area contributed by atoms with Crippen molar-refractivity contribution in [3.05, 3.63) is 70.6 Å². The van der Waals surface area contributed by atoms with E-state index >= 15 is 0 Å². The molecule has 0 atom stereocenters. The molecule has 0 saturated heterocycles. The molecular weight excluding hydrogens is 334 g/mol. The molecule has 1 aromatic carbocycles. The first-order valence-corrected chi connectivity index (χ1v) is 8.52. The van der Waals surface area contributed by atoms with Crippen molar-refractivity contribution in [1.29, 1.82) is 0 Å². The second-order valence-electron chi connectivity index (χ2n) is 6.36. The van der Waals surface area contributed by atoms with Crippen LogP contribution >= 0.6 is 12.4 Å². The first kappa shape index (κ1) is 19.3. The molecule has 0 saturated carbocycles. The van der Waals surface area contributed by atoms with Gasteiger partial charge in [0.15, 0.2) is 0 Å². The summed E-state index contributed by atoms with van der Waals surface area (Å²) in [4.78, 5) is 12.6. The average molecular weight is 360 g/mol. The van der Waals surface area contributed by atoms with E-state index < -0.39 is 0 Å². The minimum Gasteiger partial charge on any atom is -0.348 e. The Labute approximate surface area is 155 Å². The average Bonchev–Trinajstić information content (AvgIpc) is 2.90. The van der Waals surface area contributed by atoms with Crippen LogP contribution in [0.1, 0.15) is 33.7 Å². The maximum atomic E-state index is 12.6. The van der Waals surface area contributed by atoms with Crippen molar-refractivity contribution in [2.75, 3.05) is 19.6 Å². The van der Waals surface area contributed by atoms with E-state index in [1.807, 2.05) is 31.2 Å². The predicted octanol–water partition coefficient (Wildman–Crippen LogP) is 3.22. The van der Waals surface area contributed by atoms with Crippen molar-refractivity contribution in [2.45, 2.75) is 26.8 Å². The number of hydrogen-bond donors (Lipinski definition) is 2. The smallest absolute Gasteiger partial charge is 0.253 e. The molecule has 4 nitrogen and oxygen atoms in total. The number of benzene rings is 1. The predicted molar refractivity (Wildman–Crippen MR) is 105 cm³/mol. The molecule has 1 amide bonds. The molecule has 0 fully saturated rings. The highest BCUT2D eigenvalue weighted by atomic mass is 35.5. The van der Waals surface area contributed by atoms with E-state index in [-0.39, 0.29) is 18.3 Å². The van der Waals surface area contributed by atoms with Crippen LogP contribution < -0.4 is 10.6 Å². The SMILES string of the molecule is Cc1cc(C(=O)NCC2=CCNCC2)c(C)n1Cc1ccccc1.Cl. The van der Waals surface area contributed by atoms with E-state index in [4.69, 9.17) is 0 Å². The van der Waals surface area contributed by atoms with E-state index in [9.17, 15) is 4.79 Å². The normalized spacial score (nSPS) is 13.8. The van der Waals surface area contributed by atoms with Crippen LogP contribution in [0.4, 0.5) is 0 Å². The van der Waals surface area contributed by atoms with Crippen molar-refractivity contribution < 1.29 is 4.79 Å². The number of hydrogen-bond acceptors (Lipinski definition) is 2. The van der Waals surface area contributed by atoms with Crippen LogP contribution in [-0.4, -0.2) is 30.1 Å². The highest BCUT2D eigenvalue weighted by Gasteiger charge is 2.16. The summed E-state index contributed by atoms with van der Waals surface area (Å²) < 4.78 is 2.20. The molecule has 2 aromatic rings. The highest BCUT2D eigenvalue weighted by molar-refractivity contribution is 5.95. The van der Waals surface area contributed by atoms with Gasteiger partial charge in [-0.1, -0.05) is 42.0 Å². The topological polar surface area (TPSA) is 46.1 Å². The second-order valence-corrected chi connectivity index (χ2v) is 6.36. The Morgan fingerprint density at radius 2 is 2.00 bits per heavy atom. The van der Waals surface area contributed by atoms with E-state index in [1.54, 1.807) is 0 Å². The quantitative estimate of drug-likeness (QED) is 0.805. The van der Waals surface area contributed by atoms with Crippen molar-refractivity contribution in [3.63, 3.8) is 0 Å². The fourth-order valence-corrected chi connectivity index (χ4v) is 3.16. The third-order valence-corrected chi connectivity index (χ3v) is 4.64. The van der Waals surface area contributed by atoms with Gasteiger partial charge in [0.1, 0.15) is 0 Å². The summed E-state index contributed by atoms with van der Waals surface area (Å²) in [7, 11) is 0. The van der Waals surface area contributed by atoms with Gasteiger partial charge in [-0.25, -0.2) is 0 Å². The maximum absolute atomic E-state index is 12.6. The Morgan fingerprint density at radius 1 is 1.24 bits per heavy atom. The molecule has 25 heavy (non-hydrogen) atoms. The van der Waals surface area contributed by atoms with Crippen LogP contribution in [0.15, 0.2) is 48.0 Å². The van der Waals surface area contributed by atoms with Crippen molar-refractivity contribution >= 4 is 18.3 Å². The summed E-state index contributed by atoms with van der Waals surface area (Å²) in [5.41, 5.74) is 5.46. The fraction of sp³-hybridized carbons (Fsp3) is 0.350. The molecular formula is C20H26ClN3O. The molecule has 1 aliphatic heterocycles. The third-order valence-electron chi connectivity index (χ3n) is 4.64. The number of carbonyl (C=O) groups is 1. The van der Waals surface area contributed by atoms with Crippen molar-refractivity contribution in [3.8, 4) is 0 Å². The van der Waals surface area contributed by atoms with Crippen LogP contribution in [0, 0.1) is 13.8 Å². The Kier molecular flexibility index (Phi) is 6.85. The zero-order chi connectivity index (χ0) is 16.9. The maximum Gasteiger partial charge on any atom is 0.253 e. The Balaban J connectivity index is 0.00000225. The minimum absolute atomic E-state index is 0. The number of rotatable bonds is 5. The molecule has 3 rings (SSSR count). The third kappa shape index (κ3) is 4.74. The summed E-state index contributed by atoms with van der Waals surface area (Å²) in [5.74, 6) is 0.0156. The molecule has 0 bridgehead atoms. The van der Waals surface area contributed by atoms with Crippen molar-refractivity contribution in [2.24, 2.45) is 0 Å². The van der Waals surface area contributed by atoms with Crippen LogP contribution in [0.2, 0.25) is 0 Å². The van der Waals surface area contributed by atoms with Gasteiger partial charge in [0, 0.05) is 31.0 Å². The summed E-state index contributed by atoms with van der Waals surface area (Å²) in [6, 6.07) is 12.3. The monoisotopic (exact) mass is 359 g/mol. The standard InChI is InChI=1S/C20H25N3O.ClH/c1-15-12-19(20(24)22-13-17-8-10-21-11-9-17)16(2)23(15)14-18-6-4-3-5-7-18;/h3-8,12,21H,9-11,13-14H2,1-2H3,(H,22,24);1H. The molecule has 2 heterocycles. The summed E-state index contributed by atoms with van der Waals surface area (Å²) in [5, 5.41) is 6.35. The van der Waals surface area contributed by atoms with Gasteiger partial charge >= 0.3 is 0 Å². The Morgan fingerprint density at radius 3 is 2.68 bits per heavy atom. The van der Waals surface area contributed by atoms with Crippen LogP contribution in [0.5, 0.6) is 0 Å². The lowest BCUT2D eigenvalue weighted by Gasteiger charge is -2.14. The Hall–Kier alpha value is -2.04. The van der Waals surface area contributed by atoms with Gasteiger partial charge in [0.25, 0.3) is 5.91 Å². The van der Waals surface area contributed by atoms with Crippen LogP contribution in [0.25, 0.3) is 0 Å². The largest absolute Gasteiger partial charge is 0.348 e. The fourth-order valence-electron chi connectivity index (χ4n) is 3.16. The van der Waals surface area contributed by atoms with Gasteiger partial charge in [-0.2, -0.15) is 0 Å². The van der Waals surface area contributed by atoms with Crippen LogP contribution in [0.3, 0.4) is 0 Å². The zero-order valence-corrected chi connectivity index (χ0v) is 15.7. The molecule has 134 valence electrons. The number of nitrogens with one attached hydrogen (secondary N) is 2. The van der Waals surface area contributed by atoms with Crippen LogP contribution in [-0.2, 0) is 6.54 Å². The molecule has 0 aliphatic carbocycles. The number of nitrogens with zero attached hydrogens (tertiary/aromatic N) is 1. The lowest BCUT2D eigenvalue weighted by Crippen LogP contribution is -2.29. The number of aromatic nitrogens is 1. The molecule has 5 heteroatoms. The van der Waals surface area contributed by atoms with Gasteiger partial charge in [0.2, 0.25) is 0 Å². The number of amides is 1. The summed E-state index contributed by atoms with van der Waals surface area (Å²) in [6.45, 7) is 7.41. The Bertz CT molecular complexity index is 750. The van der Waals surface area contributed by atoms with Gasteiger partial charge in [-0.15, -0.1) is 12.4 Å². The number of carbonyl (C=O) groups excluding carboxylic acids is 1. The molecule has 0 radical (unpaired) electrons. The van der Waals surface area contributed by atoms with E-state index in [2.05, 4.69) is 40.3 Å². The van der Waals surface area contributed by atoms with E-state index in [1.165, 1.54) is 11.1 Å². The van der Waals surface area contributed by atoms with E-state index in [0.29, 0.717) is 6.54 Å². The highest BCUT2D eigenvalue weighted by Crippen LogP contribution is 2.17. The van der Waals surface area contributed by atoms with Gasteiger partial charge < -0.3 is 15.2 Å². The lowest BCUT2D eigenvalue weighted by molar-refractivity contribution is 0.0956. The number of aryl methyl sites for hydroxylation is 1. The summed E-state index contributed by atoms with van der Waals surface area (Å²) in [6.07, 6.45) is 3.18. The first-order valence-electron chi connectivity index (χ1n) is 8.52. The molecule has 0 unspecified atom stereocenters. The molecule has 2 N–H and O–H groups in total. The zero-order valence-electron chi connectivity index (χ0n) is 14.8. The number of halogens is 1. The van der Waals surface area contributed by atoms with Gasteiger partial charge in [-0.05, 0) is 38.4 Å². The molecule has 1 aliphatic rings. The van der Waals surface area contributed by atoms with Gasteiger partial charge in [0.05, 0.1) is 5.56 Å².